The summed E-state index contributed by atoms with van der Waals surface area (Å²) >= 11 is 0. The Morgan fingerprint density at radius 3 is 2.89 bits per heavy atom. The quantitative estimate of drug-likeness (QED) is 0.822. The highest BCUT2D eigenvalue weighted by atomic mass is 16.2. The Morgan fingerprint density at radius 1 is 1.56 bits per heavy atom. The van der Waals surface area contributed by atoms with E-state index in [1.165, 1.54) is 0 Å². The van der Waals surface area contributed by atoms with Gasteiger partial charge in [-0.1, -0.05) is 6.92 Å². The minimum atomic E-state index is 0.112. The van der Waals surface area contributed by atoms with Gasteiger partial charge in [0, 0.05) is 31.9 Å². The predicted molar refractivity (Wildman–Crippen MR) is 69.9 cm³/mol. The van der Waals surface area contributed by atoms with Crippen LogP contribution in [0.2, 0.25) is 0 Å². The molecule has 0 aromatic carbocycles. The molecule has 18 heavy (non-hydrogen) atoms. The van der Waals surface area contributed by atoms with Crippen LogP contribution in [0, 0.1) is 0 Å². The number of carbonyl (C=O) groups excluding carboxylic acids is 1. The Labute approximate surface area is 107 Å². The third-order valence-corrected chi connectivity index (χ3v) is 3.48. The first-order valence-electron chi connectivity index (χ1n) is 6.41. The number of nitrogen functional groups attached to an aromatic ring is 1. The summed E-state index contributed by atoms with van der Waals surface area (Å²) in [5, 5.41) is 4.03. The van der Waals surface area contributed by atoms with Crippen LogP contribution in [-0.4, -0.2) is 57.7 Å². The Morgan fingerprint density at radius 2 is 2.33 bits per heavy atom. The maximum absolute atomic E-state index is 12.1. The Balaban J connectivity index is 1.90. The first-order chi connectivity index (χ1) is 8.60. The number of likely N-dealkylation sites (N-methyl/N-ethyl adjacent to an activating group) is 1. The van der Waals surface area contributed by atoms with E-state index in [2.05, 4.69) is 23.8 Å². The van der Waals surface area contributed by atoms with E-state index in [1.54, 1.807) is 16.9 Å². The van der Waals surface area contributed by atoms with Gasteiger partial charge in [-0.15, -0.1) is 0 Å². The Bertz CT molecular complexity index is 416. The van der Waals surface area contributed by atoms with Crippen LogP contribution < -0.4 is 5.73 Å². The molecule has 2 N–H and O–H groups in total. The summed E-state index contributed by atoms with van der Waals surface area (Å²) in [6.07, 6.45) is 1.74. The number of hydrogen-bond acceptors (Lipinski definition) is 4. The van der Waals surface area contributed by atoms with E-state index in [-0.39, 0.29) is 12.5 Å². The number of rotatable bonds is 3. The molecule has 1 amide bonds. The van der Waals surface area contributed by atoms with Gasteiger partial charge in [-0.3, -0.25) is 14.4 Å². The van der Waals surface area contributed by atoms with Gasteiger partial charge in [0.1, 0.15) is 12.4 Å². The molecule has 6 nitrogen and oxygen atoms in total. The minimum Gasteiger partial charge on any atom is -0.382 e. The summed E-state index contributed by atoms with van der Waals surface area (Å²) in [5.74, 6) is 0.563. The molecule has 1 aliphatic rings. The monoisotopic (exact) mass is 251 g/mol. The summed E-state index contributed by atoms with van der Waals surface area (Å²) in [6, 6.07) is 2.13. The molecule has 2 rings (SSSR count). The molecule has 0 radical (unpaired) electrons. The van der Waals surface area contributed by atoms with Crippen molar-refractivity contribution in [1.29, 1.82) is 0 Å². The van der Waals surface area contributed by atoms with Crippen molar-refractivity contribution in [3.05, 3.63) is 12.3 Å². The number of amides is 1. The van der Waals surface area contributed by atoms with Gasteiger partial charge < -0.3 is 10.6 Å². The molecule has 1 unspecified atom stereocenters. The molecule has 1 saturated heterocycles. The van der Waals surface area contributed by atoms with Crippen LogP contribution >= 0.6 is 0 Å². The van der Waals surface area contributed by atoms with Crippen LogP contribution in [0.3, 0.4) is 0 Å². The number of carbonyl (C=O) groups is 1. The van der Waals surface area contributed by atoms with E-state index < -0.39 is 0 Å². The lowest BCUT2D eigenvalue weighted by atomic mass is 10.2. The number of aromatic nitrogens is 2. The summed E-state index contributed by atoms with van der Waals surface area (Å²) in [4.78, 5) is 16.4. The van der Waals surface area contributed by atoms with Crippen LogP contribution in [-0.2, 0) is 11.3 Å². The second kappa shape index (κ2) is 5.39. The smallest absolute Gasteiger partial charge is 0.244 e. The lowest BCUT2D eigenvalue weighted by molar-refractivity contribution is -0.134. The number of anilines is 1. The van der Waals surface area contributed by atoms with Crippen molar-refractivity contribution < 1.29 is 4.79 Å². The van der Waals surface area contributed by atoms with Crippen molar-refractivity contribution in [3.8, 4) is 0 Å². The second-order valence-electron chi connectivity index (χ2n) is 4.76. The fourth-order valence-electron chi connectivity index (χ4n) is 2.40. The van der Waals surface area contributed by atoms with Crippen LogP contribution in [0.15, 0.2) is 12.3 Å². The molecule has 1 aromatic heterocycles. The fraction of sp³-hybridized carbons (Fsp3) is 0.667. The molecule has 1 aromatic rings. The minimum absolute atomic E-state index is 0.112. The van der Waals surface area contributed by atoms with E-state index >= 15 is 0 Å². The van der Waals surface area contributed by atoms with Crippen molar-refractivity contribution >= 4 is 11.7 Å². The summed E-state index contributed by atoms with van der Waals surface area (Å²) in [7, 11) is 0. The number of nitrogens with zero attached hydrogens (tertiary/aromatic N) is 4. The standard InChI is InChI=1S/C12H21N5O/c1-3-15-6-7-16(8-10(15)2)12(18)9-17-5-4-11(13)14-17/h4-5,10H,3,6-9H2,1-2H3,(H2,13,14). The maximum atomic E-state index is 12.1. The summed E-state index contributed by atoms with van der Waals surface area (Å²) in [6.45, 7) is 8.17. The number of hydrogen-bond donors (Lipinski definition) is 1. The van der Waals surface area contributed by atoms with Gasteiger partial charge >= 0.3 is 0 Å². The van der Waals surface area contributed by atoms with Gasteiger partial charge in [-0.2, -0.15) is 5.10 Å². The SMILES string of the molecule is CCN1CCN(C(=O)Cn2ccc(N)n2)CC1C. The van der Waals surface area contributed by atoms with E-state index in [0.29, 0.717) is 11.9 Å². The first-order valence-corrected chi connectivity index (χ1v) is 6.41. The third kappa shape index (κ3) is 2.81. The van der Waals surface area contributed by atoms with Crippen molar-refractivity contribution in [2.24, 2.45) is 0 Å². The van der Waals surface area contributed by atoms with Crippen LogP contribution in [0.25, 0.3) is 0 Å². The predicted octanol–water partition coefficient (Wildman–Crippen LogP) is 0.0179. The first kappa shape index (κ1) is 12.9. The second-order valence-corrected chi connectivity index (χ2v) is 4.76. The number of piperazine rings is 1. The number of nitrogens with two attached hydrogens (primary N) is 1. The van der Waals surface area contributed by atoms with Crippen LogP contribution in [0.5, 0.6) is 0 Å². The molecule has 0 aliphatic carbocycles. The van der Waals surface area contributed by atoms with Gasteiger partial charge in [0.15, 0.2) is 0 Å². The zero-order valence-electron chi connectivity index (χ0n) is 11.0. The zero-order chi connectivity index (χ0) is 13.1. The molecule has 1 atom stereocenters. The molecule has 0 spiro atoms. The lowest BCUT2D eigenvalue weighted by Crippen LogP contribution is -2.54. The van der Waals surface area contributed by atoms with Crippen LogP contribution in [0.1, 0.15) is 13.8 Å². The Kier molecular flexibility index (Phi) is 3.86. The summed E-state index contributed by atoms with van der Waals surface area (Å²) in [5.41, 5.74) is 5.53. The van der Waals surface area contributed by atoms with Crippen LogP contribution in [0.4, 0.5) is 5.82 Å². The Hall–Kier alpha value is -1.56. The molecular formula is C12H21N5O. The van der Waals surface area contributed by atoms with E-state index in [9.17, 15) is 4.79 Å². The fourth-order valence-corrected chi connectivity index (χ4v) is 2.40. The molecule has 1 aliphatic heterocycles. The zero-order valence-corrected chi connectivity index (χ0v) is 11.0. The molecule has 1 fully saturated rings. The van der Waals surface area contributed by atoms with E-state index in [1.807, 2.05) is 4.90 Å². The van der Waals surface area contributed by atoms with Gasteiger partial charge in [-0.05, 0) is 19.5 Å². The normalized spacial score (nSPS) is 21.2. The maximum Gasteiger partial charge on any atom is 0.244 e. The molecule has 6 heteroatoms. The highest BCUT2D eigenvalue weighted by molar-refractivity contribution is 5.76. The third-order valence-electron chi connectivity index (χ3n) is 3.48. The van der Waals surface area contributed by atoms with Crippen molar-refractivity contribution in [3.63, 3.8) is 0 Å². The van der Waals surface area contributed by atoms with Gasteiger partial charge in [0.2, 0.25) is 5.91 Å². The highest BCUT2D eigenvalue weighted by Gasteiger charge is 2.25. The molecular weight excluding hydrogens is 230 g/mol. The summed E-state index contributed by atoms with van der Waals surface area (Å²) < 4.78 is 1.59. The molecule has 2 heterocycles. The lowest BCUT2D eigenvalue weighted by Gasteiger charge is -2.39. The van der Waals surface area contributed by atoms with Crippen molar-refractivity contribution in [2.75, 3.05) is 31.9 Å². The van der Waals surface area contributed by atoms with Crippen molar-refractivity contribution in [1.82, 2.24) is 19.6 Å². The largest absolute Gasteiger partial charge is 0.382 e. The molecule has 0 saturated carbocycles. The topological polar surface area (TPSA) is 67.4 Å². The van der Waals surface area contributed by atoms with E-state index in [0.717, 1.165) is 26.2 Å². The molecule has 100 valence electrons. The van der Waals surface area contributed by atoms with E-state index in [4.69, 9.17) is 5.73 Å². The molecule has 0 bridgehead atoms. The van der Waals surface area contributed by atoms with Gasteiger partial charge in [0.25, 0.3) is 0 Å². The van der Waals surface area contributed by atoms with Gasteiger partial charge in [0.05, 0.1) is 0 Å². The van der Waals surface area contributed by atoms with Gasteiger partial charge in [-0.25, -0.2) is 0 Å². The van der Waals surface area contributed by atoms with Crippen molar-refractivity contribution in [2.45, 2.75) is 26.4 Å². The average molecular weight is 251 g/mol. The highest BCUT2D eigenvalue weighted by Crippen LogP contribution is 2.09. The average Bonchev–Trinajstić information content (AvgIpc) is 2.74.